The molecule has 2 amide bonds. The summed E-state index contributed by atoms with van der Waals surface area (Å²) in [5.41, 5.74) is 10.2. The fraction of sp³-hybridized carbons (Fsp3) is 0.333. The number of para-hydroxylation sites is 1. The van der Waals surface area contributed by atoms with Gasteiger partial charge in [0.15, 0.2) is 0 Å². The van der Waals surface area contributed by atoms with Gasteiger partial charge < -0.3 is 16.0 Å². The summed E-state index contributed by atoms with van der Waals surface area (Å²) in [5.74, 6) is -0.111. The van der Waals surface area contributed by atoms with E-state index >= 15 is 0 Å². The molecule has 0 saturated heterocycles. The second-order valence-electron chi connectivity index (χ2n) is 6.71. The molecule has 1 aliphatic rings. The molecular weight excluding hydrogens is 362 g/mol. The van der Waals surface area contributed by atoms with Crippen LogP contribution in [0.15, 0.2) is 48.5 Å². The summed E-state index contributed by atoms with van der Waals surface area (Å²) < 4.78 is 0. The van der Waals surface area contributed by atoms with Crippen LogP contribution in [0.4, 0.5) is 5.69 Å². The van der Waals surface area contributed by atoms with E-state index in [2.05, 4.69) is 11.4 Å². The van der Waals surface area contributed by atoms with Crippen LogP contribution in [-0.4, -0.2) is 24.9 Å². The van der Waals surface area contributed by atoms with Gasteiger partial charge in [0.25, 0.3) is 0 Å². The summed E-state index contributed by atoms with van der Waals surface area (Å²) in [6, 6.07) is 14.9. The highest BCUT2D eigenvalue weighted by atomic mass is 35.5. The number of hydrogen-bond acceptors (Lipinski definition) is 3. The summed E-state index contributed by atoms with van der Waals surface area (Å²) >= 11 is 0. The van der Waals surface area contributed by atoms with Crippen LogP contribution in [0.2, 0.25) is 0 Å². The standard InChI is InChI=1S/C21H25N3O2.ClH/c1-15-8-10-17(11-9-15)20(22)21(26)23-13-4-7-19(25)24-14-12-16-5-2-3-6-18(16)24;/h2-3,5-6,8-11,20H,4,7,12-14,22H2,1H3,(H,23,26);1H. The number of nitrogens with one attached hydrogen (secondary N) is 1. The highest BCUT2D eigenvalue weighted by Gasteiger charge is 2.23. The van der Waals surface area contributed by atoms with E-state index in [1.807, 2.05) is 54.3 Å². The molecule has 2 aromatic carbocycles. The Morgan fingerprint density at radius 1 is 1.15 bits per heavy atom. The molecule has 3 N–H and O–H groups in total. The monoisotopic (exact) mass is 387 g/mol. The van der Waals surface area contributed by atoms with Crippen LogP contribution < -0.4 is 16.0 Å². The number of hydrogen-bond donors (Lipinski definition) is 2. The van der Waals surface area contributed by atoms with Gasteiger partial charge in [-0.1, -0.05) is 48.0 Å². The minimum absolute atomic E-state index is 0. The molecule has 6 heteroatoms. The van der Waals surface area contributed by atoms with Gasteiger partial charge in [-0.05, 0) is 37.0 Å². The molecule has 0 aromatic heterocycles. The van der Waals surface area contributed by atoms with Crippen molar-refractivity contribution in [3.63, 3.8) is 0 Å². The van der Waals surface area contributed by atoms with Crippen molar-refractivity contribution >= 4 is 29.9 Å². The summed E-state index contributed by atoms with van der Waals surface area (Å²) in [5, 5.41) is 2.83. The molecule has 0 fully saturated rings. The van der Waals surface area contributed by atoms with Gasteiger partial charge in [0.2, 0.25) is 11.8 Å². The molecule has 0 radical (unpaired) electrons. The maximum Gasteiger partial charge on any atom is 0.241 e. The lowest BCUT2D eigenvalue weighted by atomic mass is 10.1. The lowest BCUT2D eigenvalue weighted by molar-refractivity contribution is -0.123. The molecule has 5 nitrogen and oxygen atoms in total. The Kier molecular flexibility index (Phi) is 7.39. The number of fused-ring (bicyclic) bond motifs is 1. The summed E-state index contributed by atoms with van der Waals surface area (Å²) in [6.07, 6.45) is 1.92. The number of benzene rings is 2. The van der Waals surface area contributed by atoms with E-state index in [9.17, 15) is 9.59 Å². The van der Waals surface area contributed by atoms with Crippen molar-refractivity contribution in [2.24, 2.45) is 5.73 Å². The van der Waals surface area contributed by atoms with Gasteiger partial charge in [0.05, 0.1) is 0 Å². The lowest BCUT2D eigenvalue weighted by Gasteiger charge is -2.17. The topological polar surface area (TPSA) is 75.4 Å². The molecule has 1 atom stereocenters. The first-order valence-corrected chi connectivity index (χ1v) is 9.04. The predicted molar refractivity (Wildman–Crippen MR) is 110 cm³/mol. The molecule has 0 aliphatic carbocycles. The molecule has 0 bridgehead atoms. The molecular formula is C21H26ClN3O2. The smallest absolute Gasteiger partial charge is 0.241 e. The van der Waals surface area contributed by atoms with Crippen molar-refractivity contribution in [2.45, 2.75) is 32.2 Å². The van der Waals surface area contributed by atoms with Crippen molar-refractivity contribution in [3.05, 3.63) is 65.2 Å². The SMILES string of the molecule is Cc1ccc(C(N)C(=O)NCCCC(=O)N2CCc3ccccc32)cc1.Cl. The van der Waals surface area contributed by atoms with Crippen LogP contribution in [-0.2, 0) is 16.0 Å². The molecule has 1 unspecified atom stereocenters. The third-order valence-electron chi connectivity index (χ3n) is 4.77. The normalized spacial score (nSPS) is 13.5. The van der Waals surface area contributed by atoms with E-state index in [4.69, 9.17) is 5.73 Å². The van der Waals surface area contributed by atoms with Gasteiger partial charge in [-0.3, -0.25) is 9.59 Å². The minimum atomic E-state index is -0.684. The van der Waals surface area contributed by atoms with E-state index in [-0.39, 0.29) is 24.2 Å². The fourth-order valence-corrected chi connectivity index (χ4v) is 3.22. The first-order chi connectivity index (χ1) is 12.6. The third kappa shape index (κ3) is 5.08. The van der Waals surface area contributed by atoms with Crippen LogP contribution in [0.1, 0.15) is 35.6 Å². The maximum atomic E-state index is 12.4. The number of rotatable bonds is 6. The molecule has 0 spiro atoms. The van der Waals surface area contributed by atoms with Crippen molar-refractivity contribution in [3.8, 4) is 0 Å². The van der Waals surface area contributed by atoms with Gasteiger partial charge in [0, 0.05) is 25.2 Å². The number of amides is 2. The molecule has 1 heterocycles. The van der Waals surface area contributed by atoms with E-state index in [0.717, 1.165) is 29.8 Å². The summed E-state index contributed by atoms with van der Waals surface area (Å²) in [7, 11) is 0. The zero-order chi connectivity index (χ0) is 18.5. The average Bonchev–Trinajstić information content (AvgIpc) is 3.09. The number of aryl methyl sites for hydroxylation is 1. The Bertz CT molecular complexity index is 792. The predicted octanol–water partition coefficient (Wildman–Crippen LogP) is 2.90. The zero-order valence-electron chi connectivity index (χ0n) is 15.5. The van der Waals surface area contributed by atoms with Gasteiger partial charge >= 0.3 is 0 Å². The van der Waals surface area contributed by atoms with Crippen molar-refractivity contribution in [1.29, 1.82) is 0 Å². The molecule has 27 heavy (non-hydrogen) atoms. The maximum absolute atomic E-state index is 12.4. The number of carbonyl (C=O) groups is 2. The van der Waals surface area contributed by atoms with Crippen LogP contribution in [0.3, 0.4) is 0 Å². The van der Waals surface area contributed by atoms with Crippen LogP contribution in [0.25, 0.3) is 0 Å². The number of halogens is 1. The minimum Gasteiger partial charge on any atom is -0.354 e. The molecule has 0 saturated carbocycles. The lowest BCUT2D eigenvalue weighted by Crippen LogP contribution is -2.35. The Balaban J connectivity index is 0.00000261. The number of nitrogens with two attached hydrogens (primary N) is 1. The summed E-state index contributed by atoms with van der Waals surface area (Å²) in [4.78, 5) is 26.4. The van der Waals surface area contributed by atoms with Gasteiger partial charge in [-0.2, -0.15) is 0 Å². The van der Waals surface area contributed by atoms with Crippen molar-refractivity contribution < 1.29 is 9.59 Å². The molecule has 144 valence electrons. The van der Waals surface area contributed by atoms with Crippen LogP contribution >= 0.6 is 12.4 Å². The van der Waals surface area contributed by atoms with Crippen LogP contribution in [0.5, 0.6) is 0 Å². The van der Waals surface area contributed by atoms with Crippen molar-refractivity contribution in [1.82, 2.24) is 5.32 Å². The van der Waals surface area contributed by atoms with Gasteiger partial charge in [-0.25, -0.2) is 0 Å². The number of anilines is 1. The fourth-order valence-electron chi connectivity index (χ4n) is 3.22. The van der Waals surface area contributed by atoms with E-state index < -0.39 is 6.04 Å². The average molecular weight is 388 g/mol. The molecule has 3 rings (SSSR count). The van der Waals surface area contributed by atoms with Gasteiger partial charge in [0.1, 0.15) is 6.04 Å². The number of nitrogens with zero attached hydrogens (tertiary/aromatic N) is 1. The quantitative estimate of drug-likeness (QED) is 0.748. The van der Waals surface area contributed by atoms with E-state index in [1.165, 1.54) is 5.56 Å². The number of carbonyl (C=O) groups excluding carboxylic acids is 2. The third-order valence-corrected chi connectivity index (χ3v) is 4.77. The first-order valence-electron chi connectivity index (χ1n) is 9.04. The van der Waals surface area contributed by atoms with Gasteiger partial charge in [-0.15, -0.1) is 12.4 Å². The van der Waals surface area contributed by atoms with E-state index in [1.54, 1.807) is 0 Å². The zero-order valence-corrected chi connectivity index (χ0v) is 16.3. The highest BCUT2D eigenvalue weighted by Crippen LogP contribution is 2.27. The molecule has 2 aromatic rings. The largest absolute Gasteiger partial charge is 0.354 e. The Morgan fingerprint density at radius 3 is 2.59 bits per heavy atom. The Morgan fingerprint density at radius 2 is 1.85 bits per heavy atom. The molecule has 1 aliphatic heterocycles. The Hall–Kier alpha value is -2.37. The highest BCUT2D eigenvalue weighted by molar-refractivity contribution is 5.95. The second-order valence-corrected chi connectivity index (χ2v) is 6.71. The Labute approximate surface area is 166 Å². The summed E-state index contributed by atoms with van der Waals surface area (Å²) in [6.45, 7) is 3.17. The first kappa shape index (κ1) is 20.9. The van der Waals surface area contributed by atoms with E-state index in [0.29, 0.717) is 19.4 Å². The van der Waals surface area contributed by atoms with Crippen molar-refractivity contribution in [2.75, 3.05) is 18.0 Å². The van der Waals surface area contributed by atoms with Crippen LogP contribution in [0, 0.1) is 6.92 Å². The second kappa shape index (κ2) is 9.53.